The molecule has 3 aromatic rings. The fourth-order valence-electron chi connectivity index (χ4n) is 2.02. The molecule has 19 heavy (non-hydrogen) atoms. The van der Waals surface area contributed by atoms with Gasteiger partial charge in [-0.05, 0) is 24.4 Å². The predicted octanol–water partition coefficient (Wildman–Crippen LogP) is 1.75. The predicted molar refractivity (Wildman–Crippen MR) is 71.9 cm³/mol. The van der Waals surface area contributed by atoms with E-state index in [1.807, 2.05) is 28.3 Å². The molecule has 0 spiro atoms. The minimum absolute atomic E-state index is 0.518. The van der Waals surface area contributed by atoms with Crippen LogP contribution in [0.1, 0.15) is 11.4 Å². The summed E-state index contributed by atoms with van der Waals surface area (Å²) < 4.78 is 4.32. The van der Waals surface area contributed by atoms with E-state index in [-0.39, 0.29) is 0 Å². The zero-order valence-corrected chi connectivity index (χ0v) is 11.0. The van der Waals surface area contributed by atoms with Gasteiger partial charge in [-0.1, -0.05) is 6.07 Å². The number of H-pyrrole nitrogens is 1. The molecule has 1 aromatic carbocycles. The van der Waals surface area contributed by atoms with Crippen molar-refractivity contribution in [1.29, 1.82) is 5.26 Å². The second-order valence-corrected chi connectivity index (χ2v) is 4.57. The minimum Gasteiger partial charge on any atom is -0.329 e. The van der Waals surface area contributed by atoms with Gasteiger partial charge in [0.25, 0.3) is 0 Å². The first-order chi connectivity index (χ1) is 9.20. The Morgan fingerprint density at radius 2 is 2.32 bits per heavy atom. The zero-order chi connectivity index (χ0) is 13.4. The summed E-state index contributed by atoms with van der Waals surface area (Å²) in [5.74, 6) is 0.805. The molecular weight excluding hydrogens is 260 g/mol. The van der Waals surface area contributed by atoms with Gasteiger partial charge in [0.2, 0.25) is 0 Å². The van der Waals surface area contributed by atoms with Crippen LogP contribution in [0.2, 0.25) is 0 Å². The molecule has 0 amide bonds. The zero-order valence-electron chi connectivity index (χ0n) is 10.2. The monoisotopic (exact) mass is 270 g/mol. The van der Waals surface area contributed by atoms with E-state index in [0.717, 1.165) is 16.9 Å². The Kier molecular flexibility index (Phi) is 2.65. The van der Waals surface area contributed by atoms with E-state index in [1.165, 1.54) is 0 Å². The first kappa shape index (κ1) is 11.6. The lowest BCUT2D eigenvalue weighted by Gasteiger charge is -2.03. The molecule has 2 aromatic heterocycles. The lowest BCUT2D eigenvalue weighted by Crippen LogP contribution is -2.05. The summed E-state index contributed by atoms with van der Waals surface area (Å²) in [6.45, 7) is 0.518. The lowest BCUT2D eigenvalue weighted by molar-refractivity contribution is 0.705. The summed E-state index contributed by atoms with van der Waals surface area (Å²) in [6, 6.07) is 7.69. The van der Waals surface area contributed by atoms with Crippen molar-refractivity contribution in [3.8, 4) is 6.07 Å². The molecule has 7 heteroatoms. The highest BCUT2D eigenvalue weighted by molar-refractivity contribution is 7.71. The van der Waals surface area contributed by atoms with Crippen molar-refractivity contribution in [2.75, 3.05) is 0 Å². The molecule has 3 rings (SSSR count). The molecule has 0 saturated carbocycles. The van der Waals surface area contributed by atoms with Crippen LogP contribution in [-0.2, 0) is 13.6 Å². The standard InChI is InChI=1S/C12H10N6S/c1-17-7-14-16-10(17)6-18-9-4-2-3-8(5-13)11(9)15-12(18)19/h2-4,7H,6H2,1H3,(H,15,19). The van der Waals surface area contributed by atoms with Crippen molar-refractivity contribution in [2.45, 2.75) is 6.54 Å². The molecule has 0 atom stereocenters. The maximum atomic E-state index is 9.10. The Hall–Kier alpha value is -2.46. The second kappa shape index (κ2) is 4.33. The van der Waals surface area contributed by atoms with Gasteiger partial charge < -0.3 is 14.1 Å². The van der Waals surface area contributed by atoms with E-state index >= 15 is 0 Å². The SMILES string of the molecule is Cn1cnnc1Cn1c(=S)[nH]c2c(C#N)cccc21. The number of aromatic amines is 1. The molecule has 1 N–H and O–H groups in total. The summed E-state index contributed by atoms with van der Waals surface area (Å²) in [5, 5.41) is 17.0. The topological polar surface area (TPSA) is 75.2 Å². The number of imidazole rings is 1. The Labute approximate surface area is 113 Å². The number of benzene rings is 1. The molecule has 0 bridgehead atoms. The molecule has 6 nitrogen and oxygen atoms in total. The number of aryl methyl sites for hydroxylation is 1. The highest BCUT2D eigenvalue weighted by Crippen LogP contribution is 2.18. The second-order valence-electron chi connectivity index (χ2n) is 4.19. The number of nitrogens with zero attached hydrogens (tertiary/aromatic N) is 5. The van der Waals surface area contributed by atoms with Gasteiger partial charge in [0.05, 0.1) is 23.1 Å². The van der Waals surface area contributed by atoms with Crippen LogP contribution in [0.15, 0.2) is 24.5 Å². The Morgan fingerprint density at radius 1 is 1.47 bits per heavy atom. The van der Waals surface area contributed by atoms with Gasteiger partial charge in [-0.3, -0.25) is 0 Å². The number of aromatic nitrogens is 5. The fraction of sp³-hybridized carbons (Fsp3) is 0.167. The van der Waals surface area contributed by atoms with Crippen molar-refractivity contribution in [3.63, 3.8) is 0 Å². The molecule has 0 saturated heterocycles. The van der Waals surface area contributed by atoms with E-state index in [2.05, 4.69) is 21.3 Å². The van der Waals surface area contributed by atoms with Gasteiger partial charge in [-0.15, -0.1) is 10.2 Å². The number of rotatable bonds is 2. The van der Waals surface area contributed by atoms with Crippen molar-refractivity contribution in [2.24, 2.45) is 7.05 Å². The maximum Gasteiger partial charge on any atom is 0.178 e. The van der Waals surface area contributed by atoms with Crippen molar-refractivity contribution in [3.05, 3.63) is 40.7 Å². The average molecular weight is 270 g/mol. The molecule has 2 heterocycles. The molecule has 94 valence electrons. The summed E-state index contributed by atoms with van der Waals surface area (Å²) in [7, 11) is 1.88. The third-order valence-corrected chi connectivity index (χ3v) is 3.36. The van der Waals surface area contributed by atoms with Gasteiger partial charge in [-0.25, -0.2) is 0 Å². The first-order valence-corrected chi connectivity index (χ1v) is 6.06. The fourth-order valence-corrected chi connectivity index (χ4v) is 2.29. The van der Waals surface area contributed by atoms with E-state index in [1.54, 1.807) is 12.4 Å². The average Bonchev–Trinajstić information content (AvgIpc) is 2.95. The quantitative estimate of drug-likeness (QED) is 0.720. The number of hydrogen-bond acceptors (Lipinski definition) is 4. The number of para-hydroxylation sites is 1. The number of fused-ring (bicyclic) bond motifs is 1. The third kappa shape index (κ3) is 1.82. The van der Waals surface area contributed by atoms with E-state index in [9.17, 15) is 0 Å². The molecular formula is C12H10N6S. The van der Waals surface area contributed by atoms with Crippen LogP contribution < -0.4 is 0 Å². The Bertz CT molecular complexity index is 847. The van der Waals surface area contributed by atoms with Gasteiger partial charge in [0.1, 0.15) is 12.4 Å². The number of nitriles is 1. The molecule has 0 aliphatic rings. The van der Waals surface area contributed by atoms with E-state index in [0.29, 0.717) is 16.9 Å². The highest BCUT2D eigenvalue weighted by atomic mass is 32.1. The van der Waals surface area contributed by atoms with Crippen LogP contribution in [0.3, 0.4) is 0 Å². The highest BCUT2D eigenvalue weighted by Gasteiger charge is 2.10. The van der Waals surface area contributed by atoms with Gasteiger partial charge in [0.15, 0.2) is 10.6 Å². The van der Waals surface area contributed by atoms with Crippen LogP contribution in [0.5, 0.6) is 0 Å². The molecule has 0 unspecified atom stereocenters. The smallest absolute Gasteiger partial charge is 0.178 e. The van der Waals surface area contributed by atoms with Crippen LogP contribution in [-0.4, -0.2) is 24.3 Å². The normalized spacial score (nSPS) is 10.7. The lowest BCUT2D eigenvalue weighted by atomic mass is 10.2. The maximum absolute atomic E-state index is 9.10. The Morgan fingerprint density at radius 3 is 3.00 bits per heavy atom. The molecule has 0 radical (unpaired) electrons. The Balaban J connectivity index is 2.20. The van der Waals surface area contributed by atoms with Crippen LogP contribution in [0, 0.1) is 16.1 Å². The minimum atomic E-state index is 0.518. The van der Waals surface area contributed by atoms with Gasteiger partial charge in [-0.2, -0.15) is 5.26 Å². The van der Waals surface area contributed by atoms with Crippen molar-refractivity contribution in [1.82, 2.24) is 24.3 Å². The summed E-state index contributed by atoms with van der Waals surface area (Å²) in [6.07, 6.45) is 1.65. The summed E-state index contributed by atoms with van der Waals surface area (Å²) >= 11 is 5.32. The largest absolute Gasteiger partial charge is 0.329 e. The van der Waals surface area contributed by atoms with E-state index < -0.39 is 0 Å². The summed E-state index contributed by atoms with van der Waals surface area (Å²) in [5.41, 5.74) is 2.24. The third-order valence-electron chi connectivity index (χ3n) is 3.04. The van der Waals surface area contributed by atoms with Crippen LogP contribution in [0.25, 0.3) is 11.0 Å². The number of nitrogens with one attached hydrogen (secondary N) is 1. The van der Waals surface area contributed by atoms with Crippen molar-refractivity contribution < 1.29 is 0 Å². The summed E-state index contributed by atoms with van der Waals surface area (Å²) in [4.78, 5) is 3.08. The molecule has 0 aliphatic heterocycles. The van der Waals surface area contributed by atoms with E-state index in [4.69, 9.17) is 17.5 Å². The van der Waals surface area contributed by atoms with Gasteiger partial charge in [0, 0.05) is 7.05 Å². The number of hydrogen-bond donors (Lipinski definition) is 1. The molecule has 0 aliphatic carbocycles. The van der Waals surface area contributed by atoms with Crippen LogP contribution in [0.4, 0.5) is 0 Å². The van der Waals surface area contributed by atoms with Crippen molar-refractivity contribution >= 4 is 23.3 Å². The van der Waals surface area contributed by atoms with Crippen LogP contribution >= 0.6 is 12.2 Å². The first-order valence-electron chi connectivity index (χ1n) is 5.65. The van der Waals surface area contributed by atoms with Gasteiger partial charge >= 0.3 is 0 Å². The molecule has 0 fully saturated rings.